The van der Waals surface area contributed by atoms with Gasteiger partial charge in [-0.2, -0.15) is 0 Å². The molecule has 0 atom stereocenters. The first-order valence-corrected chi connectivity index (χ1v) is 5.54. The van der Waals surface area contributed by atoms with Crippen LogP contribution in [0.2, 0.25) is 0 Å². The Morgan fingerprint density at radius 1 is 1.11 bits per heavy atom. The Bertz CT molecular complexity index is 621. The molecule has 0 bridgehead atoms. The lowest BCUT2D eigenvalue weighted by Gasteiger charge is -2.18. The Kier molecular flexibility index (Phi) is 2.53. The molecule has 0 saturated heterocycles. The van der Waals surface area contributed by atoms with E-state index in [4.69, 9.17) is 4.74 Å². The largest absolute Gasteiger partial charge is 0.448 e. The minimum absolute atomic E-state index is 0.265. The summed E-state index contributed by atoms with van der Waals surface area (Å²) in [5, 5.41) is 2.69. The fourth-order valence-electron chi connectivity index (χ4n) is 1.70. The highest BCUT2D eigenvalue weighted by Crippen LogP contribution is 2.28. The summed E-state index contributed by atoms with van der Waals surface area (Å²) in [6.07, 6.45) is 3.31. The van der Waals surface area contributed by atoms with Crippen LogP contribution in [0.25, 0.3) is 6.08 Å². The molecule has 1 aromatic carbocycles. The van der Waals surface area contributed by atoms with Gasteiger partial charge in [0.2, 0.25) is 0 Å². The third-order valence-electron chi connectivity index (χ3n) is 2.54. The Hall–Kier alpha value is -2.62. The van der Waals surface area contributed by atoms with Crippen LogP contribution in [0.15, 0.2) is 54.4 Å². The lowest BCUT2D eigenvalue weighted by atomic mass is 10.2. The second-order valence-corrected chi connectivity index (χ2v) is 3.83. The summed E-state index contributed by atoms with van der Waals surface area (Å²) in [6, 6.07) is 13.1. The van der Waals surface area contributed by atoms with Crippen molar-refractivity contribution in [2.45, 2.75) is 0 Å². The molecule has 1 N–H and O–H groups in total. The fraction of sp³-hybridized carbons (Fsp3) is 0. The number of nitrogens with zero attached hydrogens (tertiary/aromatic N) is 1. The van der Waals surface area contributed by atoms with E-state index in [0.29, 0.717) is 11.6 Å². The predicted octanol–water partition coefficient (Wildman–Crippen LogP) is 2.45. The van der Waals surface area contributed by atoms with Gasteiger partial charge in [-0.25, -0.2) is 4.98 Å². The third-order valence-corrected chi connectivity index (χ3v) is 2.54. The lowest BCUT2D eigenvalue weighted by Crippen LogP contribution is -2.24. The van der Waals surface area contributed by atoms with Crippen LogP contribution in [-0.2, 0) is 4.79 Å². The number of rotatable bonds is 1. The van der Waals surface area contributed by atoms with Gasteiger partial charge in [-0.15, -0.1) is 0 Å². The molecule has 2 heterocycles. The molecule has 1 aliphatic heterocycles. The minimum atomic E-state index is -0.287. The minimum Gasteiger partial charge on any atom is -0.448 e. The normalized spacial score (nSPS) is 15.8. The molecule has 0 unspecified atom stereocenters. The Morgan fingerprint density at radius 3 is 2.78 bits per heavy atom. The number of ether oxygens (including phenoxy) is 1. The standard InChI is InChI=1S/C14H10N2O2/c17-14-12(9-10-5-2-1-3-6-10)18-11-7-4-8-15-13(11)16-14/h1-9H,(H,15,16,17)/b12-9+. The van der Waals surface area contributed by atoms with Crippen LogP contribution in [0.3, 0.4) is 0 Å². The predicted molar refractivity (Wildman–Crippen MR) is 67.9 cm³/mol. The molecule has 0 saturated carbocycles. The molecule has 0 radical (unpaired) electrons. The molecule has 4 heteroatoms. The molecule has 0 spiro atoms. The molecule has 4 nitrogen and oxygen atoms in total. The first-order chi connectivity index (χ1) is 8.83. The zero-order valence-corrected chi connectivity index (χ0v) is 9.46. The highest BCUT2D eigenvalue weighted by Gasteiger charge is 2.22. The molecule has 1 aromatic heterocycles. The Morgan fingerprint density at radius 2 is 1.94 bits per heavy atom. The van der Waals surface area contributed by atoms with Crippen molar-refractivity contribution in [3.05, 3.63) is 60.0 Å². The van der Waals surface area contributed by atoms with Gasteiger partial charge < -0.3 is 10.1 Å². The summed E-state index contributed by atoms with van der Waals surface area (Å²) in [6.45, 7) is 0. The van der Waals surface area contributed by atoms with Crippen molar-refractivity contribution in [2.24, 2.45) is 0 Å². The third kappa shape index (κ3) is 1.96. The van der Waals surface area contributed by atoms with Crippen molar-refractivity contribution in [2.75, 3.05) is 5.32 Å². The van der Waals surface area contributed by atoms with Crippen LogP contribution < -0.4 is 10.1 Å². The van der Waals surface area contributed by atoms with Crippen LogP contribution in [0, 0.1) is 0 Å². The average Bonchev–Trinajstić information content (AvgIpc) is 2.41. The van der Waals surface area contributed by atoms with E-state index in [-0.39, 0.29) is 11.7 Å². The van der Waals surface area contributed by atoms with E-state index < -0.39 is 0 Å². The number of hydrogen-bond donors (Lipinski definition) is 1. The van der Waals surface area contributed by atoms with Gasteiger partial charge in [0.1, 0.15) is 0 Å². The van der Waals surface area contributed by atoms with Gasteiger partial charge in [0.05, 0.1) is 0 Å². The summed E-state index contributed by atoms with van der Waals surface area (Å²) >= 11 is 0. The van der Waals surface area contributed by atoms with Crippen molar-refractivity contribution in [3.63, 3.8) is 0 Å². The molecular formula is C14H10N2O2. The lowest BCUT2D eigenvalue weighted by molar-refractivity contribution is -0.115. The quantitative estimate of drug-likeness (QED) is 0.776. The number of carbonyl (C=O) groups is 1. The Labute approximate surface area is 104 Å². The van der Waals surface area contributed by atoms with Crippen molar-refractivity contribution < 1.29 is 9.53 Å². The van der Waals surface area contributed by atoms with Crippen LogP contribution in [0.1, 0.15) is 5.56 Å². The monoisotopic (exact) mass is 238 g/mol. The number of pyridine rings is 1. The summed E-state index contributed by atoms with van der Waals surface area (Å²) < 4.78 is 5.53. The zero-order valence-electron chi connectivity index (χ0n) is 9.46. The summed E-state index contributed by atoms with van der Waals surface area (Å²) in [4.78, 5) is 15.8. The summed E-state index contributed by atoms with van der Waals surface area (Å²) in [7, 11) is 0. The van der Waals surface area contributed by atoms with Gasteiger partial charge in [-0.1, -0.05) is 30.3 Å². The number of amides is 1. The van der Waals surface area contributed by atoms with E-state index in [9.17, 15) is 4.79 Å². The van der Waals surface area contributed by atoms with E-state index >= 15 is 0 Å². The topological polar surface area (TPSA) is 51.2 Å². The summed E-state index contributed by atoms with van der Waals surface area (Å²) in [5.41, 5.74) is 0.912. The van der Waals surface area contributed by atoms with E-state index in [0.717, 1.165) is 5.56 Å². The van der Waals surface area contributed by atoms with Gasteiger partial charge in [-0.3, -0.25) is 4.79 Å². The number of nitrogens with one attached hydrogen (secondary N) is 1. The highest BCUT2D eigenvalue weighted by molar-refractivity contribution is 6.07. The maximum absolute atomic E-state index is 11.8. The molecule has 2 aromatic rings. The SMILES string of the molecule is O=C1Nc2ncccc2O/C1=C/c1ccccc1. The first kappa shape index (κ1) is 10.5. The van der Waals surface area contributed by atoms with Crippen LogP contribution in [-0.4, -0.2) is 10.9 Å². The van der Waals surface area contributed by atoms with Gasteiger partial charge in [-0.05, 0) is 23.8 Å². The van der Waals surface area contributed by atoms with E-state index in [1.54, 1.807) is 24.4 Å². The van der Waals surface area contributed by atoms with Crippen LogP contribution >= 0.6 is 0 Å². The van der Waals surface area contributed by atoms with Crippen LogP contribution in [0.4, 0.5) is 5.82 Å². The van der Waals surface area contributed by atoms with Gasteiger partial charge in [0.15, 0.2) is 17.3 Å². The number of benzene rings is 1. The fourth-order valence-corrected chi connectivity index (χ4v) is 1.70. The van der Waals surface area contributed by atoms with Gasteiger partial charge in [0, 0.05) is 6.20 Å². The maximum Gasteiger partial charge on any atom is 0.292 e. The molecule has 0 fully saturated rings. The van der Waals surface area contributed by atoms with Crippen molar-refractivity contribution in [1.82, 2.24) is 4.98 Å². The molecule has 1 aliphatic rings. The molecule has 3 rings (SSSR count). The number of carbonyl (C=O) groups excluding carboxylic acids is 1. The van der Waals surface area contributed by atoms with E-state index in [1.807, 2.05) is 30.3 Å². The molecular weight excluding hydrogens is 228 g/mol. The second-order valence-electron chi connectivity index (χ2n) is 3.83. The van der Waals surface area contributed by atoms with E-state index in [1.165, 1.54) is 0 Å². The smallest absolute Gasteiger partial charge is 0.292 e. The molecule has 88 valence electrons. The summed E-state index contributed by atoms with van der Waals surface area (Å²) in [5.74, 6) is 0.985. The number of aromatic nitrogens is 1. The Balaban J connectivity index is 1.96. The van der Waals surface area contributed by atoms with Crippen molar-refractivity contribution in [1.29, 1.82) is 0 Å². The van der Waals surface area contributed by atoms with E-state index in [2.05, 4.69) is 10.3 Å². The highest BCUT2D eigenvalue weighted by atomic mass is 16.5. The van der Waals surface area contributed by atoms with Crippen molar-refractivity contribution >= 4 is 17.8 Å². The van der Waals surface area contributed by atoms with Gasteiger partial charge in [0.25, 0.3) is 5.91 Å². The molecule has 1 amide bonds. The number of fused-ring (bicyclic) bond motifs is 1. The average molecular weight is 238 g/mol. The number of hydrogen-bond acceptors (Lipinski definition) is 3. The maximum atomic E-state index is 11.8. The zero-order chi connectivity index (χ0) is 12.4. The molecule has 18 heavy (non-hydrogen) atoms. The van der Waals surface area contributed by atoms with Gasteiger partial charge >= 0.3 is 0 Å². The number of anilines is 1. The van der Waals surface area contributed by atoms with Crippen LogP contribution in [0.5, 0.6) is 5.75 Å². The van der Waals surface area contributed by atoms with Crippen molar-refractivity contribution in [3.8, 4) is 5.75 Å². The second kappa shape index (κ2) is 4.33. The molecule has 0 aliphatic carbocycles. The first-order valence-electron chi connectivity index (χ1n) is 5.54.